The van der Waals surface area contributed by atoms with E-state index in [1.165, 1.54) is 18.2 Å². The number of ether oxygens (including phenoxy) is 1. The molecule has 1 aliphatic rings. The number of alkyl halides is 3. The van der Waals surface area contributed by atoms with E-state index in [9.17, 15) is 21.6 Å². The third-order valence-corrected chi connectivity index (χ3v) is 5.81. The van der Waals surface area contributed by atoms with Gasteiger partial charge in [-0.1, -0.05) is 18.6 Å². The summed E-state index contributed by atoms with van der Waals surface area (Å²) in [5.41, 5.74) is 5.64. The molecule has 0 amide bonds. The third-order valence-electron chi connectivity index (χ3n) is 3.55. The lowest BCUT2D eigenvalue weighted by atomic mass is 10.2. The van der Waals surface area contributed by atoms with Gasteiger partial charge in [-0.3, -0.25) is 4.99 Å². The van der Waals surface area contributed by atoms with Crippen LogP contribution in [0.2, 0.25) is 0 Å². The van der Waals surface area contributed by atoms with Crippen molar-refractivity contribution in [1.82, 2.24) is 0 Å². The normalized spacial score (nSPS) is 21.3. The molecule has 1 unspecified atom stereocenters. The summed E-state index contributed by atoms with van der Waals surface area (Å²) in [7, 11) is -3.19. The zero-order chi connectivity index (χ0) is 17.8. The lowest BCUT2D eigenvalue weighted by Crippen LogP contribution is -2.32. The number of hydrogen-bond donors (Lipinski definition) is 2. The number of nitrogens with zero attached hydrogens (tertiary/aromatic N) is 1. The fourth-order valence-electron chi connectivity index (χ4n) is 2.39. The van der Waals surface area contributed by atoms with Crippen molar-refractivity contribution in [3.63, 3.8) is 0 Å². The van der Waals surface area contributed by atoms with Gasteiger partial charge < -0.3 is 15.8 Å². The van der Waals surface area contributed by atoms with Gasteiger partial charge in [-0.15, -0.1) is 13.2 Å². The van der Waals surface area contributed by atoms with Crippen LogP contribution in [0.25, 0.3) is 0 Å². The first-order chi connectivity index (χ1) is 11.2. The minimum absolute atomic E-state index is 0.0115. The van der Waals surface area contributed by atoms with E-state index >= 15 is 0 Å². The summed E-state index contributed by atoms with van der Waals surface area (Å²) in [6.07, 6.45) is -2.89. The molecule has 24 heavy (non-hydrogen) atoms. The Labute approximate surface area is 137 Å². The number of para-hydroxylation sites is 2. The van der Waals surface area contributed by atoms with Crippen molar-refractivity contribution < 1.29 is 26.3 Å². The molecule has 1 atom stereocenters. The van der Waals surface area contributed by atoms with Gasteiger partial charge in [-0.2, -0.15) is 0 Å². The number of halogens is 3. The van der Waals surface area contributed by atoms with Crippen molar-refractivity contribution in [2.75, 3.05) is 17.6 Å². The van der Waals surface area contributed by atoms with Crippen molar-refractivity contribution in [2.45, 2.75) is 30.9 Å². The van der Waals surface area contributed by atoms with Crippen LogP contribution in [0, 0.1) is 0 Å². The number of nitrogens with two attached hydrogens (primary N) is 1. The predicted octanol–water partition coefficient (Wildman–Crippen LogP) is 2.28. The highest BCUT2D eigenvalue weighted by molar-refractivity contribution is 7.92. The summed E-state index contributed by atoms with van der Waals surface area (Å²) in [5.74, 6) is -0.495. The van der Waals surface area contributed by atoms with Crippen LogP contribution < -0.4 is 15.8 Å². The van der Waals surface area contributed by atoms with Crippen molar-refractivity contribution in [1.29, 1.82) is 0 Å². The van der Waals surface area contributed by atoms with E-state index in [0.29, 0.717) is 12.8 Å². The maximum Gasteiger partial charge on any atom is 0.573 e. The lowest BCUT2D eigenvalue weighted by molar-refractivity contribution is -0.274. The summed E-state index contributed by atoms with van der Waals surface area (Å²) >= 11 is 0. The SMILES string of the molecule is NC(=NCC1CCCCS1(=O)=O)Nc1ccccc1OC(F)(F)F. The number of anilines is 1. The molecule has 0 saturated carbocycles. The highest BCUT2D eigenvalue weighted by Gasteiger charge is 2.32. The molecule has 0 bridgehead atoms. The summed E-state index contributed by atoms with van der Waals surface area (Å²) < 4.78 is 64.7. The van der Waals surface area contributed by atoms with Gasteiger partial charge in [0.1, 0.15) is 0 Å². The molecule has 1 aromatic carbocycles. The predicted molar refractivity (Wildman–Crippen MR) is 84.7 cm³/mol. The second-order valence-corrected chi connectivity index (χ2v) is 7.78. The van der Waals surface area contributed by atoms with Gasteiger partial charge in [0.05, 0.1) is 23.2 Å². The van der Waals surface area contributed by atoms with Gasteiger partial charge in [0.15, 0.2) is 21.5 Å². The highest BCUT2D eigenvalue weighted by Crippen LogP contribution is 2.29. The van der Waals surface area contributed by atoms with Crippen LogP contribution in [-0.4, -0.2) is 38.3 Å². The van der Waals surface area contributed by atoms with Crippen molar-refractivity contribution in [2.24, 2.45) is 10.7 Å². The first kappa shape index (κ1) is 18.4. The minimum Gasteiger partial charge on any atom is -0.404 e. The van der Waals surface area contributed by atoms with Crippen LogP contribution in [0.3, 0.4) is 0 Å². The zero-order valence-electron chi connectivity index (χ0n) is 12.7. The molecule has 6 nitrogen and oxygen atoms in total. The first-order valence-corrected chi connectivity index (χ1v) is 9.02. The maximum atomic E-state index is 12.4. The van der Waals surface area contributed by atoms with Crippen LogP contribution >= 0.6 is 0 Å². The molecule has 0 aromatic heterocycles. The van der Waals surface area contributed by atoms with Gasteiger partial charge in [0.25, 0.3) is 0 Å². The van der Waals surface area contributed by atoms with Gasteiger partial charge in [-0.25, -0.2) is 8.42 Å². The van der Waals surface area contributed by atoms with Crippen LogP contribution in [0.15, 0.2) is 29.3 Å². The topological polar surface area (TPSA) is 93.8 Å². The van der Waals surface area contributed by atoms with Gasteiger partial charge >= 0.3 is 6.36 Å². The molecular formula is C14H18F3N3O3S. The monoisotopic (exact) mass is 365 g/mol. The van der Waals surface area contributed by atoms with E-state index in [1.54, 1.807) is 0 Å². The fraction of sp³-hybridized carbons (Fsp3) is 0.500. The van der Waals surface area contributed by atoms with Gasteiger partial charge in [0, 0.05) is 0 Å². The van der Waals surface area contributed by atoms with E-state index in [0.717, 1.165) is 12.5 Å². The number of benzene rings is 1. The number of hydrogen-bond acceptors (Lipinski definition) is 4. The molecule has 3 N–H and O–H groups in total. The number of guanidine groups is 1. The van der Waals surface area contributed by atoms with Crippen LogP contribution in [0.5, 0.6) is 5.75 Å². The van der Waals surface area contributed by atoms with Crippen LogP contribution in [0.4, 0.5) is 18.9 Å². The lowest BCUT2D eigenvalue weighted by Gasteiger charge is -2.20. The molecule has 10 heteroatoms. The molecular weight excluding hydrogens is 347 g/mol. The summed E-state index contributed by atoms with van der Waals surface area (Å²) in [5, 5.41) is 1.90. The van der Waals surface area contributed by atoms with E-state index < -0.39 is 27.2 Å². The number of aliphatic imine (C=N–C) groups is 1. The van der Waals surface area contributed by atoms with Gasteiger partial charge in [-0.05, 0) is 25.0 Å². The van der Waals surface area contributed by atoms with E-state index in [-0.39, 0.29) is 23.9 Å². The standard InChI is InChI=1S/C14H18F3N3O3S/c15-14(16,17)23-12-7-2-1-6-11(12)20-13(18)19-9-10-5-3-4-8-24(10,21)22/h1-2,6-7,10H,3-5,8-9H2,(H3,18,19,20). The molecule has 1 aliphatic heterocycles. The highest BCUT2D eigenvalue weighted by atomic mass is 32.2. The van der Waals surface area contributed by atoms with Crippen LogP contribution in [-0.2, 0) is 9.84 Å². The fourth-order valence-corrected chi connectivity index (χ4v) is 4.15. The quantitative estimate of drug-likeness (QED) is 0.631. The Morgan fingerprint density at radius 1 is 1.33 bits per heavy atom. The Bertz CT molecular complexity index is 705. The van der Waals surface area contributed by atoms with E-state index in [1.807, 2.05) is 0 Å². The third kappa shape index (κ3) is 5.29. The average Bonchev–Trinajstić information content (AvgIpc) is 2.46. The second kappa shape index (κ2) is 7.29. The molecule has 134 valence electrons. The maximum absolute atomic E-state index is 12.4. The van der Waals surface area contributed by atoms with Crippen molar-refractivity contribution >= 4 is 21.5 Å². The molecule has 1 fully saturated rings. The molecule has 2 rings (SSSR count). The summed E-state index contributed by atoms with van der Waals surface area (Å²) in [6, 6.07) is 5.37. The second-order valence-electron chi connectivity index (χ2n) is 5.38. The van der Waals surface area contributed by atoms with Crippen molar-refractivity contribution in [3.8, 4) is 5.75 Å². The average molecular weight is 365 g/mol. The Morgan fingerprint density at radius 3 is 2.71 bits per heavy atom. The Morgan fingerprint density at radius 2 is 2.04 bits per heavy atom. The number of rotatable bonds is 4. The smallest absolute Gasteiger partial charge is 0.404 e. The zero-order valence-corrected chi connectivity index (χ0v) is 13.5. The van der Waals surface area contributed by atoms with E-state index in [2.05, 4.69) is 15.0 Å². The largest absolute Gasteiger partial charge is 0.573 e. The Hall–Kier alpha value is -1.97. The van der Waals surface area contributed by atoms with E-state index in [4.69, 9.17) is 5.73 Å². The number of nitrogens with one attached hydrogen (secondary N) is 1. The van der Waals surface area contributed by atoms with Crippen LogP contribution in [0.1, 0.15) is 19.3 Å². The molecule has 0 radical (unpaired) electrons. The molecule has 1 heterocycles. The Balaban J connectivity index is 2.05. The Kier molecular flexibility index (Phi) is 5.58. The minimum atomic E-state index is -4.83. The molecule has 1 saturated heterocycles. The van der Waals surface area contributed by atoms with Gasteiger partial charge in [0.2, 0.25) is 0 Å². The first-order valence-electron chi connectivity index (χ1n) is 7.31. The molecule has 1 aromatic rings. The molecule has 0 aliphatic carbocycles. The summed E-state index contributed by atoms with van der Waals surface area (Å²) in [6.45, 7) is -0.0243. The number of sulfone groups is 1. The molecule has 0 spiro atoms. The summed E-state index contributed by atoms with van der Waals surface area (Å²) in [4.78, 5) is 3.94. The van der Waals surface area contributed by atoms with Crippen molar-refractivity contribution in [3.05, 3.63) is 24.3 Å².